The molecule has 0 aliphatic carbocycles. The number of fused-ring (bicyclic) bond motifs is 1. The Balaban J connectivity index is 2.30. The summed E-state index contributed by atoms with van der Waals surface area (Å²) in [6.07, 6.45) is 6.18. The maximum Gasteiger partial charge on any atom is 0.126 e. The molecule has 1 aromatic heterocycles. The standard InChI is InChI=1S/C9H13BN2/c1-3-4-11-5-6-12-7-8(2)10-9(11)12/h3,5-6,8H,1,4,7H2,2H3/t8-/m1/s1. The van der Waals surface area contributed by atoms with E-state index in [-0.39, 0.29) is 0 Å². The van der Waals surface area contributed by atoms with Crippen LogP contribution in [0.3, 0.4) is 0 Å². The van der Waals surface area contributed by atoms with E-state index in [0.29, 0.717) is 5.82 Å². The molecule has 0 fully saturated rings. The van der Waals surface area contributed by atoms with Crippen LogP contribution in [0.2, 0.25) is 5.82 Å². The van der Waals surface area contributed by atoms with Crippen LogP contribution in [0.5, 0.6) is 0 Å². The van der Waals surface area contributed by atoms with Gasteiger partial charge in [-0.05, 0) is 0 Å². The molecule has 0 unspecified atom stereocenters. The Labute approximate surface area is 73.8 Å². The first-order chi connectivity index (χ1) is 5.81. The zero-order valence-corrected chi connectivity index (χ0v) is 7.40. The first-order valence-corrected chi connectivity index (χ1v) is 4.35. The van der Waals surface area contributed by atoms with E-state index in [9.17, 15) is 0 Å². The smallest absolute Gasteiger partial charge is 0.126 e. The van der Waals surface area contributed by atoms with Gasteiger partial charge in [-0.2, -0.15) is 13.1 Å². The van der Waals surface area contributed by atoms with Crippen LogP contribution in [-0.2, 0) is 13.1 Å². The number of imidazole rings is 1. The first-order valence-electron chi connectivity index (χ1n) is 4.35. The van der Waals surface area contributed by atoms with Crippen molar-refractivity contribution in [2.45, 2.75) is 25.8 Å². The Bertz CT molecular complexity index is 303. The zero-order valence-electron chi connectivity index (χ0n) is 7.40. The van der Waals surface area contributed by atoms with Gasteiger partial charge in [0.15, 0.2) is 0 Å². The fourth-order valence-electron chi connectivity index (χ4n) is 1.74. The molecule has 2 radical (unpaired) electrons. The Hall–Kier alpha value is -0.985. The third-order valence-corrected chi connectivity index (χ3v) is 2.26. The largest absolute Gasteiger partial charge is 0.280 e. The van der Waals surface area contributed by atoms with Crippen LogP contribution in [-0.4, -0.2) is 11.8 Å². The average Bonchev–Trinajstić information content (AvgIpc) is 2.52. The van der Waals surface area contributed by atoms with E-state index in [1.165, 1.54) is 5.72 Å². The summed E-state index contributed by atoms with van der Waals surface area (Å²) < 4.78 is 4.50. The Morgan fingerprint density at radius 2 is 2.75 bits per heavy atom. The molecule has 12 heavy (non-hydrogen) atoms. The highest BCUT2D eigenvalue weighted by molar-refractivity contribution is 6.52. The first kappa shape index (κ1) is 7.65. The van der Waals surface area contributed by atoms with Crippen LogP contribution in [0, 0.1) is 0 Å². The molecule has 2 heterocycles. The second-order valence-corrected chi connectivity index (χ2v) is 3.39. The lowest BCUT2D eigenvalue weighted by molar-refractivity contribution is -0.673. The number of aromatic nitrogens is 2. The fraction of sp³-hybridized carbons (Fsp3) is 0.444. The van der Waals surface area contributed by atoms with Crippen LogP contribution in [0.1, 0.15) is 6.92 Å². The van der Waals surface area contributed by atoms with E-state index in [2.05, 4.69) is 42.3 Å². The molecule has 1 atom stereocenters. The monoisotopic (exact) mass is 160 g/mol. The minimum atomic E-state index is 0.678. The van der Waals surface area contributed by atoms with Gasteiger partial charge in [-0.15, -0.1) is 0 Å². The van der Waals surface area contributed by atoms with Crippen molar-refractivity contribution in [2.24, 2.45) is 0 Å². The summed E-state index contributed by atoms with van der Waals surface area (Å²) in [6.45, 7) is 8.01. The quantitative estimate of drug-likeness (QED) is 0.330. The van der Waals surface area contributed by atoms with Crippen molar-refractivity contribution in [3.05, 3.63) is 25.0 Å². The van der Waals surface area contributed by atoms with Gasteiger partial charge in [0.1, 0.15) is 18.9 Å². The maximum atomic E-state index is 3.74. The average molecular weight is 160 g/mol. The molecule has 0 saturated carbocycles. The molecule has 0 N–H and O–H groups in total. The number of hydrogen-bond acceptors (Lipinski definition) is 0. The van der Waals surface area contributed by atoms with Crippen molar-refractivity contribution in [1.29, 1.82) is 0 Å². The van der Waals surface area contributed by atoms with Crippen molar-refractivity contribution in [1.82, 2.24) is 4.57 Å². The predicted molar refractivity (Wildman–Crippen MR) is 49.6 cm³/mol. The Morgan fingerprint density at radius 3 is 3.50 bits per heavy atom. The zero-order chi connectivity index (χ0) is 8.55. The highest BCUT2D eigenvalue weighted by Gasteiger charge is 2.14. The second-order valence-electron chi connectivity index (χ2n) is 3.39. The molecule has 2 nitrogen and oxygen atoms in total. The molecule has 1 aliphatic heterocycles. The molecule has 2 rings (SSSR count). The van der Waals surface area contributed by atoms with Gasteiger partial charge in [-0.1, -0.05) is 19.6 Å². The third kappa shape index (κ3) is 1.09. The van der Waals surface area contributed by atoms with E-state index in [4.69, 9.17) is 0 Å². The molecule has 0 aromatic carbocycles. The molecule has 3 heteroatoms. The van der Waals surface area contributed by atoms with E-state index in [1.54, 1.807) is 0 Å². The van der Waals surface area contributed by atoms with Gasteiger partial charge < -0.3 is 0 Å². The molecule has 62 valence electrons. The molecule has 0 saturated heterocycles. The van der Waals surface area contributed by atoms with Crippen molar-refractivity contribution in [3.63, 3.8) is 0 Å². The molecule has 0 bridgehead atoms. The van der Waals surface area contributed by atoms with Crippen molar-refractivity contribution in [2.75, 3.05) is 0 Å². The lowest BCUT2D eigenvalue weighted by atomic mass is 9.67. The van der Waals surface area contributed by atoms with Crippen molar-refractivity contribution >= 4 is 13.0 Å². The molecular formula is C9H13BN2. The summed E-state index contributed by atoms with van der Waals surface area (Å²) >= 11 is 0. The summed E-state index contributed by atoms with van der Waals surface area (Å²) in [5, 5.41) is 0. The number of rotatable bonds is 2. The van der Waals surface area contributed by atoms with Gasteiger partial charge in [-0.25, -0.2) is 0 Å². The number of nitrogens with zero attached hydrogens (tertiary/aromatic N) is 2. The Kier molecular flexibility index (Phi) is 1.79. The SMILES string of the molecule is C=CCn1cc[n+]2c1[B-][C@H](C)C2. The van der Waals surface area contributed by atoms with Gasteiger partial charge in [0.2, 0.25) is 0 Å². The summed E-state index contributed by atoms with van der Waals surface area (Å²) in [6, 6.07) is 0. The van der Waals surface area contributed by atoms with Gasteiger partial charge >= 0.3 is 0 Å². The molecule has 1 aromatic rings. The number of allylic oxidation sites excluding steroid dienone is 1. The van der Waals surface area contributed by atoms with Gasteiger partial charge in [0, 0.05) is 5.72 Å². The van der Waals surface area contributed by atoms with Gasteiger partial charge in [0.25, 0.3) is 0 Å². The summed E-state index contributed by atoms with van der Waals surface area (Å²) in [4.78, 5) is 0. The summed E-state index contributed by atoms with van der Waals surface area (Å²) in [5.74, 6) is 0.678. The lowest BCUT2D eigenvalue weighted by Crippen LogP contribution is -2.45. The van der Waals surface area contributed by atoms with Crippen LogP contribution in [0.15, 0.2) is 25.0 Å². The molecule has 0 spiro atoms. The minimum Gasteiger partial charge on any atom is -0.280 e. The predicted octanol–water partition coefficient (Wildman–Crippen LogP) is 0.113. The van der Waals surface area contributed by atoms with Gasteiger partial charge in [0.05, 0.1) is 6.54 Å². The van der Waals surface area contributed by atoms with E-state index >= 15 is 0 Å². The van der Waals surface area contributed by atoms with Crippen LogP contribution in [0.4, 0.5) is 0 Å². The normalized spacial score (nSPS) is 20.9. The van der Waals surface area contributed by atoms with E-state index < -0.39 is 0 Å². The molecule has 0 amide bonds. The number of hydrogen-bond donors (Lipinski definition) is 0. The molecular weight excluding hydrogens is 147 g/mol. The van der Waals surface area contributed by atoms with Crippen LogP contribution >= 0.6 is 0 Å². The topological polar surface area (TPSA) is 8.81 Å². The minimum absolute atomic E-state index is 0.678. The highest BCUT2D eigenvalue weighted by atomic mass is 15.1. The Morgan fingerprint density at radius 1 is 1.92 bits per heavy atom. The van der Waals surface area contributed by atoms with Crippen LogP contribution < -0.4 is 10.3 Å². The summed E-state index contributed by atoms with van der Waals surface area (Å²) in [5.41, 5.74) is 1.32. The van der Waals surface area contributed by atoms with Gasteiger partial charge in [-0.3, -0.25) is 9.13 Å². The lowest BCUT2D eigenvalue weighted by Gasteiger charge is -2.07. The van der Waals surface area contributed by atoms with Crippen molar-refractivity contribution < 1.29 is 4.57 Å². The van der Waals surface area contributed by atoms with Crippen LogP contribution in [0.25, 0.3) is 0 Å². The third-order valence-electron chi connectivity index (χ3n) is 2.26. The molecule has 1 aliphatic rings. The van der Waals surface area contributed by atoms with Crippen molar-refractivity contribution in [3.8, 4) is 0 Å². The highest BCUT2D eigenvalue weighted by Crippen LogP contribution is 2.05. The van der Waals surface area contributed by atoms with E-state index in [0.717, 1.165) is 13.1 Å². The van der Waals surface area contributed by atoms with E-state index in [1.807, 2.05) is 6.08 Å². The summed E-state index contributed by atoms with van der Waals surface area (Å²) in [7, 11) is 2.31. The second kappa shape index (κ2) is 2.81. The maximum absolute atomic E-state index is 3.74. The fourth-order valence-corrected chi connectivity index (χ4v) is 1.74.